The molecule has 0 unspecified atom stereocenters. The first-order chi connectivity index (χ1) is 9.63. The minimum atomic E-state index is -0.615. The van der Waals surface area contributed by atoms with Gasteiger partial charge in [0.1, 0.15) is 11.6 Å². The summed E-state index contributed by atoms with van der Waals surface area (Å²) >= 11 is 5.69. The molecule has 0 radical (unpaired) electrons. The van der Waals surface area contributed by atoms with Crippen molar-refractivity contribution in [2.24, 2.45) is 0 Å². The van der Waals surface area contributed by atoms with Gasteiger partial charge in [0.2, 0.25) is 0 Å². The van der Waals surface area contributed by atoms with Crippen LogP contribution >= 0.6 is 11.6 Å². The Labute approximate surface area is 121 Å². The number of ketones is 1. The van der Waals surface area contributed by atoms with Crippen LogP contribution in [0.1, 0.15) is 28.8 Å². The summed E-state index contributed by atoms with van der Waals surface area (Å²) in [7, 11) is 0. The van der Waals surface area contributed by atoms with Crippen molar-refractivity contribution < 1.29 is 13.9 Å². The third kappa shape index (κ3) is 2.83. The zero-order chi connectivity index (χ0) is 14.1. The van der Waals surface area contributed by atoms with Crippen molar-refractivity contribution in [1.82, 2.24) is 0 Å². The van der Waals surface area contributed by atoms with Crippen LogP contribution in [-0.4, -0.2) is 11.9 Å². The van der Waals surface area contributed by atoms with Crippen LogP contribution in [0, 0.1) is 5.82 Å². The van der Waals surface area contributed by atoms with E-state index in [0.717, 1.165) is 18.9 Å². The second-order valence-corrected chi connectivity index (χ2v) is 5.23. The Kier molecular flexibility index (Phi) is 3.45. The van der Waals surface area contributed by atoms with Gasteiger partial charge in [0.15, 0.2) is 5.78 Å². The molecule has 0 aliphatic heterocycles. The molecule has 3 rings (SSSR count). The van der Waals surface area contributed by atoms with Crippen LogP contribution in [0.25, 0.3) is 0 Å². The molecule has 0 amide bonds. The van der Waals surface area contributed by atoms with Crippen LogP contribution in [0.15, 0.2) is 42.5 Å². The first-order valence-corrected chi connectivity index (χ1v) is 6.78. The lowest BCUT2D eigenvalue weighted by Gasteiger charge is -2.07. The van der Waals surface area contributed by atoms with Gasteiger partial charge in [-0.25, -0.2) is 4.39 Å². The smallest absolute Gasteiger partial charge is 0.196 e. The summed E-state index contributed by atoms with van der Waals surface area (Å²) in [5.41, 5.74) is 0.419. The fourth-order valence-electron chi connectivity index (χ4n) is 1.92. The van der Waals surface area contributed by atoms with Gasteiger partial charge in [0.25, 0.3) is 0 Å². The zero-order valence-corrected chi connectivity index (χ0v) is 11.4. The molecular weight excluding hydrogens is 279 g/mol. The molecule has 1 aliphatic carbocycles. The van der Waals surface area contributed by atoms with Gasteiger partial charge in [0.05, 0.1) is 11.7 Å². The molecule has 0 N–H and O–H groups in total. The van der Waals surface area contributed by atoms with Crippen LogP contribution in [0.5, 0.6) is 5.75 Å². The normalized spacial score (nSPS) is 14.1. The molecule has 4 heteroatoms. The summed E-state index contributed by atoms with van der Waals surface area (Å²) < 4.78 is 19.4. The molecule has 0 aromatic heterocycles. The molecule has 0 atom stereocenters. The van der Waals surface area contributed by atoms with Crippen molar-refractivity contribution in [2.75, 3.05) is 0 Å². The molecule has 2 nitrogen and oxygen atoms in total. The number of rotatable bonds is 4. The van der Waals surface area contributed by atoms with Gasteiger partial charge < -0.3 is 4.74 Å². The SMILES string of the molecule is O=C(c1cccc(OC2CC2)c1)c1ccc(Cl)cc1F. The van der Waals surface area contributed by atoms with Crippen molar-refractivity contribution in [3.05, 3.63) is 64.4 Å². The molecule has 1 aliphatic rings. The number of hydrogen-bond donors (Lipinski definition) is 0. The Morgan fingerprint density at radius 1 is 1.20 bits per heavy atom. The Bertz CT molecular complexity index is 665. The second kappa shape index (κ2) is 5.25. The third-order valence-electron chi connectivity index (χ3n) is 3.10. The quantitative estimate of drug-likeness (QED) is 0.787. The van der Waals surface area contributed by atoms with Crippen LogP contribution in [0.3, 0.4) is 0 Å². The first-order valence-electron chi connectivity index (χ1n) is 6.40. The highest BCUT2D eigenvalue weighted by atomic mass is 35.5. The van der Waals surface area contributed by atoms with Gasteiger partial charge in [-0.05, 0) is 43.2 Å². The molecule has 0 saturated heterocycles. The maximum absolute atomic E-state index is 13.8. The number of halogens is 2. The lowest BCUT2D eigenvalue weighted by Crippen LogP contribution is -2.05. The molecule has 1 fully saturated rings. The average molecular weight is 291 g/mol. The van der Waals surface area contributed by atoms with Crippen molar-refractivity contribution in [3.63, 3.8) is 0 Å². The summed E-state index contributed by atoms with van der Waals surface area (Å²) in [5, 5.41) is 0.268. The van der Waals surface area contributed by atoms with E-state index in [4.69, 9.17) is 16.3 Å². The Morgan fingerprint density at radius 2 is 2.00 bits per heavy atom. The highest BCUT2D eigenvalue weighted by molar-refractivity contribution is 6.30. The summed E-state index contributed by atoms with van der Waals surface area (Å²) in [6.07, 6.45) is 2.35. The Hall–Kier alpha value is -1.87. The fourth-order valence-corrected chi connectivity index (χ4v) is 2.08. The summed E-state index contributed by atoms with van der Waals surface area (Å²) in [6.45, 7) is 0. The van der Waals surface area contributed by atoms with Crippen LogP contribution in [0.2, 0.25) is 5.02 Å². The minimum absolute atomic E-state index is 0.0120. The van der Waals surface area contributed by atoms with Gasteiger partial charge in [0, 0.05) is 10.6 Å². The number of carbonyl (C=O) groups is 1. The van der Waals surface area contributed by atoms with Gasteiger partial charge in [-0.1, -0.05) is 23.7 Å². The topological polar surface area (TPSA) is 26.3 Å². The molecule has 20 heavy (non-hydrogen) atoms. The Morgan fingerprint density at radius 3 is 2.70 bits per heavy atom. The number of hydrogen-bond acceptors (Lipinski definition) is 2. The van der Waals surface area contributed by atoms with Gasteiger partial charge in [-0.2, -0.15) is 0 Å². The maximum Gasteiger partial charge on any atom is 0.196 e. The van der Waals surface area contributed by atoms with Crippen LogP contribution in [0.4, 0.5) is 4.39 Å². The molecule has 0 heterocycles. The monoisotopic (exact) mass is 290 g/mol. The maximum atomic E-state index is 13.8. The largest absolute Gasteiger partial charge is 0.490 e. The lowest BCUT2D eigenvalue weighted by molar-refractivity contribution is 0.103. The van der Waals surface area contributed by atoms with Crippen molar-refractivity contribution in [1.29, 1.82) is 0 Å². The van der Waals surface area contributed by atoms with E-state index in [1.807, 2.05) is 0 Å². The highest BCUT2D eigenvalue weighted by Gasteiger charge is 2.24. The van der Waals surface area contributed by atoms with E-state index in [1.165, 1.54) is 12.1 Å². The van der Waals surface area contributed by atoms with Gasteiger partial charge in [-0.3, -0.25) is 4.79 Å². The fraction of sp³-hybridized carbons (Fsp3) is 0.188. The first kappa shape index (κ1) is 13.1. The second-order valence-electron chi connectivity index (χ2n) is 4.80. The highest BCUT2D eigenvalue weighted by Crippen LogP contribution is 2.28. The van der Waals surface area contributed by atoms with Crippen LogP contribution in [-0.2, 0) is 0 Å². The van der Waals surface area contributed by atoms with Gasteiger partial charge >= 0.3 is 0 Å². The standard InChI is InChI=1S/C16H12ClFO2/c17-11-4-7-14(15(18)9-11)16(19)10-2-1-3-13(8-10)20-12-5-6-12/h1-4,7-9,12H,5-6H2. The van der Waals surface area contributed by atoms with Crippen molar-refractivity contribution >= 4 is 17.4 Å². The number of carbonyl (C=O) groups excluding carboxylic acids is 1. The number of benzene rings is 2. The summed E-state index contributed by atoms with van der Waals surface area (Å²) in [6, 6.07) is 10.9. The molecule has 2 aromatic rings. The predicted octanol–water partition coefficient (Wildman–Crippen LogP) is 4.25. The molecular formula is C16H12ClFO2. The van der Waals surface area contributed by atoms with E-state index in [2.05, 4.69) is 0 Å². The third-order valence-corrected chi connectivity index (χ3v) is 3.33. The van der Waals surface area contributed by atoms with E-state index in [-0.39, 0.29) is 22.5 Å². The Balaban J connectivity index is 1.89. The van der Waals surface area contributed by atoms with E-state index in [0.29, 0.717) is 11.3 Å². The van der Waals surface area contributed by atoms with E-state index in [1.54, 1.807) is 24.3 Å². The van der Waals surface area contributed by atoms with E-state index < -0.39 is 5.82 Å². The lowest BCUT2D eigenvalue weighted by atomic mass is 10.0. The average Bonchev–Trinajstić information content (AvgIpc) is 3.22. The molecule has 102 valence electrons. The summed E-state index contributed by atoms with van der Waals surface area (Å²) in [4.78, 5) is 12.3. The molecule has 1 saturated carbocycles. The van der Waals surface area contributed by atoms with Crippen molar-refractivity contribution in [2.45, 2.75) is 18.9 Å². The van der Waals surface area contributed by atoms with E-state index in [9.17, 15) is 9.18 Å². The summed E-state index contributed by atoms with van der Waals surface area (Å²) in [5.74, 6) is -0.343. The van der Waals surface area contributed by atoms with Crippen molar-refractivity contribution in [3.8, 4) is 5.75 Å². The van der Waals surface area contributed by atoms with Gasteiger partial charge in [-0.15, -0.1) is 0 Å². The number of ether oxygens (including phenoxy) is 1. The zero-order valence-electron chi connectivity index (χ0n) is 10.6. The molecule has 2 aromatic carbocycles. The van der Waals surface area contributed by atoms with E-state index >= 15 is 0 Å². The minimum Gasteiger partial charge on any atom is -0.490 e. The van der Waals surface area contributed by atoms with Crippen LogP contribution < -0.4 is 4.74 Å². The molecule has 0 spiro atoms. The molecule has 0 bridgehead atoms. The predicted molar refractivity (Wildman–Crippen MR) is 74.9 cm³/mol.